The van der Waals surface area contributed by atoms with Crippen molar-refractivity contribution in [3.8, 4) is 0 Å². The first-order valence-electron chi connectivity index (χ1n) is 10.8. The molecule has 6 nitrogen and oxygen atoms in total. The van der Waals surface area contributed by atoms with Gasteiger partial charge < -0.3 is 15.5 Å². The number of guanidine groups is 1. The van der Waals surface area contributed by atoms with Gasteiger partial charge in [-0.2, -0.15) is 0 Å². The SMILES string of the molecule is CN=C(NCC(C)N1CCN(C)CC1)NCC1CCCN1Cc1ccccc1.I. The predicted molar refractivity (Wildman–Crippen MR) is 133 cm³/mol. The van der Waals surface area contributed by atoms with Crippen LogP contribution in [0.25, 0.3) is 0 Å². The Morgan fingerprint density at radius 3 is 2.52 bits per heavy atom. The van der Waals surface area contributed by atoms with Gasteiger partial charge in [-0.15, -0.1) is 24.0 Å². The molecule has 0 aliphatic carbocycles. The Hall–Kier alpha value is -0.900. The summed E-state index contributed by atoms with van der Waals surface area (Å²) in [5, 5.41) is 7.09. The largest absolute Gasteiger partial charge is 0.355 e. The molecular formula is C22H39IN6. The Morgan fingerprint density at radius 2 is 1.83 bits per heavy atom. The lowest BCUT2D eigenvalue weighted by atomic mass is 10.2. The standard InChI is InChI=1S/C22H38N6.HI/c1-19(27-14-12-26(3)13-15-27)16-24-22(23-2)25-17-21-10-7-11-28(21)18-20-8-5-4-6-9-20;/h4-6,8-9,19,21H,7,10-18H2,1-3H3,(H2,23,24,25);1H. The summed E-state index contributed by atoms with van der Waals surface area (Å²) in [7, 11) is 4.07. The molecule has 2 unspecified atom stereocenters. The summed E-state index contributed by atoms with van der Waals surface area (Å²) in [4.78, 5) is 12.0. The number of nitrogens with zero attached hydrogens (tertiary/aromatic N) is 4. The molecule has 0 aromatic heterocycles. The van der Waals surface area contributed by atoms with E-state index in [1.54, 1.807) is 0 Å². The average Bonchev–Trinajstić information content (AvgIpc) is 3.16. The molecule has 2 fully saturated rings. The van der Waals surface area contributed by atoms with Crippen LogP contribution < -0.4 is 10.6 Å². The van der Waals surface area contributed by atoms with Gasteiger partial charge in [-0.1, -0.05) is 30.3 Å². The van der Waals surface area contributed by atoms with Crippen molar-refractivity contribution in [1.29, 1.82) is 0 Å². The van der Waals surface area contributed by atoms with E-state index in [0.29, 0.717) is 12.1 Å². The van der Waals surface area contributed by atoms with E-state index in [0.717, 1.165) is 51.8 Å². The second-order valence-electron chi connectivity index (χ2n) is 8.27. The number of aliphatic imine (C=N–C) groups is 1. The van der Waals surface area contributed by atoms with Gasteiger partial charge in [0.2, 0.25) is 0 Å². The van der Waals surface area contributed by atoms with Crippen LogP contribution in [0.15, 0.2) is 35.3 Å². The summed E-state index contributed by atoms with van der Waals surface area (Å²) in [5.74, 6) is 0.924. The zero-order valence-corrected chi connectivity index (χ0v) is 20.6. The third-order valence-corrected chi connectivity index (χ3v) is 6.18. The summed E-state index contributed by atoms with van der Waals surface area (Å²) in [5.41, 5.74) is 1.40. The normalized spacial score (nSPS) is 22.9. The molecular weight excluding hydrogens is 475 g/mol. The Balaban J connectivity index is 0.00000300. The second kappa shape index (κ2) is 12.7. The van der Waals surface area contributed by atoms with Crippen molar-refractivity contribution in [3.05, 3.63) is 35.9 Å². The number of piperazine rings is 1. The molecule has 0 bridgehead atoms. The highest BCUT2D eigenvalue weighted by Crippen LogP contribution is 2.19. The molecule has 2 N–H and O–H groups in total. The molecule has 2 heterocycles. The third kappa shape index (κ3) is 7.70. The van der Waals surface area contributed by atoms with Gasteiger partial charge in [-0.05, 0) is 38.9 Å². The number of benzene rings is 1. The van der Waals surface area contributed by atoms with Gasteiger partial charge in [-0.25, -0.2) is 0 Å². The van der Waals surface area contributed by atoms with Gasteiger partial charge in [0.05, 0.1) is 0 Å². The molecule has 2 aliphatic rings. The smallest absolute Gasteiger partial charge is 0.191 e. The summed E-state index contributed by atoms with van der Waals surface area (Å²) >= 11 is 0. The minimum atomic E-state index is 0. The van der Waals surface area contributed by atoms with Gasteiger partial charge in [0.15, 0.2) is 5.96 Å². The molecule has 0 amide bonds. The Labute approximate surface area is 194 Å². The lowest BCUT2D eigenvalue weighted by Gasteiger charge is -2.36. The van der Waals surface area contributed by atoms with Crippen LogP contribution in [0, 0.1) is 0 Å². The van der Waals surface area contributed by atoms with Gasteiger partial charge >= 0.3 is 0 Å². The number of hydrogen-bond acceptors (Lipinski definition) is 4. The van der Waals surface area contributed by atoms with E-state index in [-0.39, 0.29) is 24.0 Å². The van der Waals surface area contributed by atoms with Gasteiger partial charge in [0, 0.05) is 64.9 Å². The predicted octanol–water partition coefficient (Wildman–Crippen LogP) is 2.07. The number of halogens is 1. The zero-order valence-electron chi connectivity index (χ0n) is 18.3. The van der Waals surface area contributed by atoms with Crippen molar-refractivity contribution in [2.75, 3.05) is 59.9 Å². The third-order valence-electron chi connectivity index (χ3n) is 6.18. The van der Waals surface area contributed by atoms with Crippen LogP contribution in [0.2, 0.25) is 0 Å². The van der Waals surface area contributed by atoms with E-state index in [4.69, 9.17) is 0 Å². The minimum Gasteiger partial charge on any atom is -0.355 e. The van der Waals surface area contributed by atoms with Gasteiger partial charge in [-0.3, -0.25) is 14.8 Å². The summed E-state index contributed by atoms with van der Waals surface area (Å²) in [6.45, 7) is 11.1. The molecule has 3 rings (SSSR count). The number of hydrogen-bond donors (Lipinski definition) is 2. The highest BCUT2D eigenvalue weighted by Gasteiger charge is 2.25. The maximum Gasteiger partial charge on any atom is 0.191 e. The molecule has 2 saturated heterocycles. The van der Waals surface area contributed by atoms with Crippen LogP contribution >= 0.6 is 24.0 Å². The fraction of sp³-hybridized carbons (Fsp3) is 0.682. The summed E-state index contributed by atoms with van der Waals surface area (Å²) < 4.78 is 0. The number of rotatable bonds is 7. The Bertz CT molecular complexity index is 603. The lowest BCUT2D eigenvalue weighted by molar-refractivity contribution is 0.120. The van der Waals surface area contributed by atoms with E-state index >= 15 is 0 Å². The van der Waals surface area contributed by atoms with Crippen molar-refractivity contribution < 1.29 is 0 Å². The molecule has 29 heavy (non-hydrogen) atoms. The van der Waals surface area contributed by atoms with E-state index in [2.05, 4.69) is 74.6 Å². The van der Waals surface area contributed by atoms with Crippen LogP contribution in [0.3, 0.4) is 0 Å². The second-order valence-corrected chi connectivity index (χ2v) is 8.27. The number of likely N-dealkylation sites (N-methyl/N-ethyl adjacent to an activating group) is 1. The molecule has 164 valence electrons. The van der Waals surface area contributed by atoms with Crippen LogP contribution in [0.1, 0.15) is 25.3 Å². The van der Waals surface area contributed by atoms with Crippen molar-refractivity contribution in [2.24, 2.45) is 4.99 Å². The fourth-order valence-electron chi connectivity index (χ4n) is 4.22. The molecule has 0 radical (unpaired) electrons. The first-order valence-corrected chi connectivity index (χ1v) is 10.8. The zero-order chi connectivity index (χ0) is 19.8. The van der Waals surface area contributed by atoms with E-state index in [9.17, 15) is 0 Å². The first-order chi connectivity index (χ1) is 13.7. The maximum absolute atomic E-state index is 4.44. The lowest BCUT2D eigenvalue weighted by Crippen LogP contribution is -2.53. The first kappa shape index (κ1) is 24.4. The van der Waals surface area contributed by atoms with Crippen LogP contribution in [-0.4, -0.2) is 92.7 Å². The molecule has 1 aromatic carbocycles. The van der Waals surface area contributed by atoms with Crippen LogP contribution in [0.5, 0.6) is 0 Å². The molecule has 0 spiro atoms. The Morgan fingerprint density at radius 1 is 1.10 bits per heavy atom. The van der Waals surface area contributed by atoms with Crippen molar-refractivity contribution in [1.82, 2.24) is 25.3 Å². The van der Waals surface area contributed by atoms with E-state index in [1.165, 1.54) is 24.9 Å². The van der Waals surface area contributed by atoms with Gasteiger partial charge in [0.1, 0.15) is 0 Å². The monoisotopic (exact) mass is 514 g/mol. The Kier molecular flexibility index (Phi) is 10.7. The maximum atomic E-state index is 4.44. The van der Waals surface area contributed by atoms with Crippen LogP contribution in [0.4, 0.5) is 0 Å². The highest BCUT2D eigenvalue weighted by molar-refractivity contribution is 14.0. The highest BCUT2D eigenvalue weighted by atomic mass is 127. The molecule has 7 heteroatoms. The average molecular weight is 515 g/mol. The minimum absolute atomic E-state index is 0. The summed E-state index contributed by atoms with van der Waals surface area (Å²) in [6, 6.07) is 11.9. The number of likely N-dealkylation sites (tertiary alicyclic amines) is 1. The molecule has 1 aromatic rings. The van der Waals surface area contributed by atoms with Crippen molar-refractivity contribution in [3.63, 3.8) is 0 Å². The molecule has 2 atom stereocenters. The van der Waals surface area contributed by atoms with Crippen molar-refractivity contribution >= 4 is 29.9 Å². The van der Waals surface area contributed by atoms with E-state index in [1.807, 2.05) is 7.05 Å². The van der Waals surface area contributed by atoms with Crippen LogP contribution in [-0.2, 0) is 6.54 Å². The van der Waals surface area contributed by atoms with Gasteiger partial charge in [0.25, 0.3) is 0 Å². The summed E-state index contributed by atoms with van der Waals surface area (Å²) in [6.07, 6.45) is 2.54. The molecule has 0 saturated carbocycles. The topological polar surface area (TPSA) is 46.1 Å². The number of nitrogens with one attached hydrogen (secondary N) is 2. The molecule has 2 aliphatic heterocycles. The quantitative estimate of drug-likeness (QED) is 0.332. The van der Waals surface area contributed by atoms with E-state index < -0.39 is 0 Å². The van der Waals surface area contributed by atoms with Crippen molar-refractivity contribution in [2.45, 2.75) is 38.4 Å². The fourth-order valence-corrected chi connectivity index (χ4v) is 4.22.